The van der Waals surface area contributed by atoms with Crippen molar-refractivity contribution in [3.63, 3.8) is 0 Å². The number of hydrogen-bond acceptors (Lipinski definition) is 4. The van der Waals surface area contributed by atoms with Crippen molar-refractivity contribution < 1.29 is 17.9 Å². The fourth-order valence-corrected chi connectivity index (χ4v) is 1.10. The minimum absolute atomic E-state index is 0.0285. The molecule has 0 radical (unpaired) electrons. The van der Waals surface area contributed by atoms with Crippen LogP contribution in [0.15, 0.2) is 6.20 Å². The van der Waals surface area contributed by atoms with Crippen LogP contribution in [-0.4, -0.2) is 23.6 Å². The molecule has 1 heterocycles. The van der Waals surface area contributed by atoms with Crippen LogP contribution in [0, 0.1) is 0 Å². The zero-order valence-corrected chi connectivity index (χ0v) is 8.93. The molecule has 4 nitrogen and oxygen atoms in total. The van der Waals surface area contributed by atoms with Crippen LogP contribution in [0.25, 0.3) is 0 Å². The molecule has 0 fully saturated rings. The molecule has 0 unspecified atom stereocenters. The van der Waals surface area contributed by atoms with Crippen molar-refractivity contribution in [3.8, 4) is 5.88 Å². The summed E-state index contributed by atoms with van der Waals surface area (Å²) in [6.07, 6.45) is -3.43. The Kier molecular flexibility index (Phi) is 4.05. The van der Waals surface area contributed by atoms with Gasteiger partial charge < -0.3 is 10.1 Å². The van der Waals surface area contributed by atoms with Crippen molar-refractivity contribution in [2.24, 2.45) is 0 Å². The van der Waals surface area contributed by atoms with Crippen LogP contribution in [0.2, 0.25) is 0 Å². The molecule has 1 aromatic rings. The summed E-state index contributed by atoms with van der Waals surface area (Å²) in [7, 11) is 1.67. The summed E-state index contributed by atoms with van der Waals surface area (Å²) < 4.78 is 42.0. The molecule has 0 atom stereocenters. The molecule has 0 aliphatic heterocycles. The average molecular weight is 235 g/mol. The first kappa shape index (κ1) is 12.7. The normalized spacial score (nSPS) is 11.6. The highest BCUT2D eigenvalue weighted by atomic mass is 19.4. The predicted octanol–water partition coefficient (Wildman–Crippen LogP) is 1.61. The highest BCUT2D eigenvalue weighted by Crippen LogP contribution is 2.28. The van der Waals surface area contributed by atoms with E-state index in [9.17, 15) is 13.2 Å². The fraction of sp³-hybridized carbons (Fsp3) is 0.556. The van der Waals surface area contributed by atoms with Crippen LogP contribution in [0.4, 0.5) is 13.2 Å². The molecule has 0 spiro atoms. The Morgan fingerprint density at radius 3 is 2.62 bits per heavy atom. The van der Waals surface area contributed by atoms with E-state index in [4.69, 9.17) is 4.74 Å². The topological polar surface area (TPSA) is 47.0 Å². The first-order valence-corrected chi connectivity index (χ1v) is 4.69. The maximum Gasteiger partial charge on any atom is 0.451 e. The van der Waals surface area contributed by atoms with Crippen LogP contribution < -0.4 is 10.1 Å². The van der Waals surface area contributed by atoms with Gasteiger partial charge in [0, 0.05) is 18.3 Å². The van der Waals surface area contributed by atoms with Crippen molar-refractivity contribution >= 4 is 0 Å². The second kappa shape index (κ2) is 5.11. The zero-order valence-electron chi connectivity index (χ0n) is 8.93. The summed E-state index contributed by atoms with van der Waals surface area (Å²) in [6.45, 7) is 2.29. The number of halogens is 3. The van der Waals surface area contributed by atoms with Gasteiger partial charge in [-0.05, 0) is 14.0 Å². The minimum Gasteiger partial charge on any atom is -0.478 e. The van der Waals surface area contributed by atoms with Gasteiger partial charge in [-0.1, -0.05) is 0 Å². The molecule has 0 saturated heterocycles. The van der Waals surface area contributed by atoms with Crippen molar-refractivity contribution in [3.05, 3.63) is 17.6 Å². The molecular weight excluding hydrogens is 223 g/mol. The SMILES string of the molecule is CCOc1nc(C(F)(F)F)ncc1CNC. The lowest BCUT2D eigenvalue weighted by Crippen LogP contribution is -2.15. The zero-order chi connectivity index (χ0) is 12.2. The molecule has 0 aliphatic carbocycles. The molecule has 0 saturated carbocycles. The molecule has 1 N–H and O–H groups in total. The standard InChI is InChI=1S/C9H12F3N3O/c1-3-16-7-6(4-13-2)5-14-8(15-7)9(10,11)12/h5,13H,3-4H2,1-2H3. The van der Waals surface area contributed by atoms with E-state index in [1.54, 1.807) is 14.0 Å². The van der Waals surface area contributed by atoms with Crippen LogP contribution in [0.3, 0.4) is 0 Å². The van der Waals surface area contributed by atoms with Gasteiger partial charge in [0.25, 0.3) is 0 Å². The molecular formula is C9H12F3N3O. The molecule has 1 rings (SSSR count). The number of nitrogens with one attached hydrogen (secondary N) is 1. The molecule has 0 aliphatic rings. The van der Waals surface area contributed by atoms with Gasteiger partial charge in [0.15, 0.2) is 0 Å². The minimum atomic E-state index is -4.55. The summed E-state index contributed by atoms with van der Waals surface area (Å²) in [5.41, 5.74) is 0.498. The Balaban J connectivity index is 3.06. The lowest BCUT2D eigenvalue weighted by molar-refractivity contribution is -0.145. The smallest absolute Gasteiger partial charge is 0.451 e. The van der Waals surface area contributed by atoms with E-state index in [1.807, 2.05) is 0 Å². The molecule has 0 bridgehead atoms. The Labute approximate surface area is 90.9 Å². The van der Waals surface area contributed by atoms with E-state index >= 15 is 0 Å². The van der Waals surface area contributed by atoms with Gasteiger partial charge in [-0.2, -0.15) is 18.2 Å². The molecule has 0 amide bonds. The van der Waals surface area contributed by atoms with Crippen LogP contribution in [0.1, 0.15) is 18.3 Å². The molecule has 7 heteroatoms. The maximum absolute atomic E-state index is 12.3. The van der Waals surface area contributed by atoms with E-state index in [0.29, 0.717) is 12.1 Å². The van der Waals surface area contributed by atoms with Gasteiger partial charge in [-0.25, -0.2) is 4.98 Å². The average Bonchev–Trinajstić information content (AvgIpc) is 2.19. The lowest BCUT2D eigenvalue weighted by Gasteiger charge is -2.11. The van der Waals surface area contributed by atoms with E-state index in [-0.39, 0.29) is 12.5 Å². The van der Waals surface area contributed by atoms with E-state index in [0.717, 1.165) is 6.20 Å². The summed E-state index contributed by atoms with van der Waals surface area (Å²) >= 11 is 0. The van der Waals surface area contributed by atoms with Gasteiger partial charge in [-0.15, -0.1) is 0 Å². The Hall–Kier alpha value is -1.37. The highest BCUT2D eigenvalue weighted by Gasteiger charge is 2.35. The van der Waals surface area contributed by atoms with Crippen LogP contribution in [0.5, 0.6) is 5.88 Å². The highest BCUT2D eigenvalue weighted by molar-refractivity contribution is 5.24. The summed E-state index contributed by atoms with van der Waals surface area (Å²) in [6, 6.07) is 0. The number of aromatic nitrogens is 2. The second-order valence-corrected chi connectivity index (χ2v) is 2.99. The third-order valence-corrected chi connectivity index (χ3v) is 1.73. The number of ether oxygens (including phenoxy) is 1. The maximum atomic E-state index is 12.3. The van der Waals surface area contributed by atoms with E-state index in [2.05, 4.69) is 15.3 Å². The van der Waals surface area contributed by atoms with Gasteiger partial charge in [0.1, 0.15) is 0 Å². The van der Waals surface area contributed by atoms with Gasteiger partial charge in [0.05, 0.1) is 6.61 Å². The molecule has 90 valence electrons. The largest absolute Gasteiger partial charge is 0.478 e. The number of nitrogens with zero attached hydrogens (tertiary/aromatic N) is 2. The first-order chi connectivity index (χ1) is 7.49. The van der Waals surface area contributed by atoms with Crippen molar-refractivity contribution in [2.45, 2.75) is 19.6 Å². The second-order valence-electron chi connectivity index (χ2n) is 2.99. The molecule has 1 aromatic heterocycles. The van der Waals surface area contributed by atoms with Crippen LogP contribution >= 0.6 is 0 Å². The Morgan fingerprint density at radius 2 is 2.12 bits per heavy atom. The van der Waals surface area contributed by atoms with Crippen LogP contribution in [-0.2, 0) is 12.7 Å². The van der Waals surface area contributed by atoms with Gasteiger partial charge in [-0.3, -0.25) is 0 Å². The summed E-state index contributed by atoms with van der Waals surface area (Å²) in [5.74, 6) is -1.21. The summed E-state index contributed by atoms with van der Waals surface area (Å²) in [4.78, 5) is 6.61. The number of hydrogen-bond donors (Lipinski definition) is 1. The van der Waals surface area contributed by atoms with Gasteiger partial charge in [0.2, 0.25) is 11.7 Å². The lowest BCUT2D eigenvalue weighted by atomic mass is 10.3. The third-order valence-electron chi connectivity index (χ3n) is 1.73. The monoisotopic (exact) mass is 235 g/mol. The first-order valence-electron chi connectivity index (χ1n) is 4.69. The fourth-order valence-electron chi connectivity index (χ4n) is 1.10. The van der Waals surface area contributed by atoms with E-state index < -0.39 is 12.0 Å². The van der Waals surface area contributed by atoms with Crippen molar-refractivity contribution in [1.82, 2.24) is 15.3 Å². The van der Waals surface area contributed by atoms with Crippen molar-refractivity contribution in [1.29, 1.82) is 0 Å². The number of rotatable bonds is 4. The van der Waals surface area contributed by atoms with E-state index in [1.165, 1.54) is 0 Å². The number of alkyl halides is 3. The molecule has 0 aromatic carbocycles. The van der Waals surface area contributed by atoms with Crippen molar-refractivity contribution in [2.75, 3.05) is 13.7 Å². The third kappa shape index (κ3) is 3.06. The Bertz CT molecular complexity index is 354. The quantitative estimate of drug-likeness (QED) is 0.861. The Morgan fingerprint density at radius 1 is 1.44 bits per heavy atom. The van der Waals surface area contributed by atoms with Gasteiger partial charge >= 0.3 is 6.18 Å². The molecule has 16 heavy (non-hydrogen) atoms. The predicted molar refractivity (Wildman–Crippen MR) is 51.0 cm³/mol. The summed E-state index contributed by atoms with van der Waals surface area (Å²) in [5, 5.41) is 2.80.